The standard InChI is InChI=1S/C28H40N4OS/c1-18(24-16-19-9-10-21(24)15-19)29-25(33)17-34-27-31-30-26(32(27)23-7-5-6-8-23)20-11-13-22(14-12-20)28(2,3)4/h11-14,18-19,21,23-24H,5-10,15-17H2,1-4H3,(H,29,33)/t18-,19+,21+,24+/m1/s1. The fraction of sp³-hybridized carbons (Fsp3) is 0.679. The second-order valence-corrected chi connectivity index (χ2v) is 12.9. The average Bonchev–Trinajstić information content (AvgIpc) is 3.61. The fourth-order valence-corrected chi connectivity index (χ4v) is 7.44. The van der Waals surface area contributed by atoms with Gasteiger partial charge in [0.1, 0.15) is 0 Å². The van der Waals surface area contributed by atoms with Crippen molar-refractivity contribution in [3.05, 3.63) is 29.8 Å². The Morgan fingerprint density at radius 3 is 2.44 bits per heavy atom. The zero-order valence-electron chi connectivity index (χ0n) is 21.2. The number of benzene rings is 1. The molecule has 1 amide bonds. The molecule has 1 N–H and O–H groups in total. The van der Waals surface area contributed by atoms with E-state index in [-0.39, 0.29) is 17.4 Å². The number of fused-ring (bicyclic) bond motifs is 2. The number of nitrogens with one attached hydrogen (secondary N) is 1. The minimum Gasteiger partial charge on any atom is -0.353 e. The average molecular weight is 481 g/mol. The molecule has 0 aliphatic heterocycles. The zero-order valence-corrected chi connectivity index (χ0v) is 22.0. The van der Waals surface area contributed by atoms with Crippen LogP contribution in [0.15, 0.2) is 29.4 Å². The third-order valence-corrected chi connectivity index (χ3v) is 9.46. The van der Waals surface area contributed by atoms with Crippen LogP contribution in [0.1, 0.15) is 90.7 Å². The number of rotatable bonds is 7. The summed E-state index contributed by atoms with van der Waals surface area (Å²) in [4.78, 5) is 12.8. The fourth-order valence-electron chi connectivity index (χ4n) is 6.62. The maximum absolute atomic E-state index is 12.8. The molecule has 0 unspecified atom stereocenters. The number of hydrogen-bond acceptors (Lipinski definition) is 4. The molecular weight excluding hydrogens is 440 g/mol. The number of amides is 1. The highest BCUT2D eigenvalue weighted by Crippen LogP contribution is 2.49. The van der Waals surface area contributed by atoms with Crippen molar-refractivity contribution in [3.8, 4) is 11.4 Å². The first-order valence-electron chi connectivity index (χ1n) is 13.3. The van der Waals surface area contributed by atoms with Crippen molar-refractivity contribution < 1.29 is 4.79 Å². The number of hydrogen-bond donors (Lipinski definition) is 1. The first kappa shape index (κ1) is 23.9. The molecule has 0 radical (unpaired) electrons. The molecule has 5 nitrogen and oxygen atoms in total. The summed E-state index contributed by atoms with van der Waals surface area (Å²) in [5.41, 5.74) is 2.55. The van der Waals surface area contributed by atoms with E-state index in [1.807, 2.05) is 0 Å². The minimum absolute atomic E-state index is 0.123. The van der Waals surface area contributed by atoms with Crippen LogP contribution in [0.5, 0.6) is 0 Å². The van der Waals surface area contributed by atoms with Gasteiger partial charge < -0.3 is 5.32 Å². The Balaban J connectivity index is 1.28. The molecule has 5 rings (SSSR count). The van der Waals surface area contributed by atoms with Gasteiger partial charge in [-0.1, -0.05) is 76.1 Å². The number of carbonyl (C=O) groups is 1. The van der Waals surface area contributed by atoms with Crippen LogP contribution in [0, 0.1) is 17.8 Å². The van der Waals surface area contributed by atoms with E-state index in [0.29, 0.717) is 17.7 Å². The quantitative estimate of drug-likeness (QED) is 0.466. The van der Waals surface area contributed by atoms with E-state index in [1.54, 1.807) is 11.8 Å². The highest BCUT2D eigenvalue weighted by atomic mass is 32.2. The number of aromatic nitrogens is 3. The Labute approximate surface area is 208 Å². The molecule has 0 saturated heterocycles. The lowest BCUT2D eigenvalue weighted by Crippen LogP contribution is -2.41. The van der Waals surface area contributed by atoms with Crippen molar-refractivity contribution in [1.82, 2.24) is 20.1 Å². The molecule has 3 aliphatic rings. The molecule has 1 heterocycles. The van der Waals surface area contributed by atoms with Crippen LogP contribution in [-0.2, 0) is 10.2 Å². The van der Waals surface area contributed by atoms with Gasteiger partial charge in [0.05, 0.1) is 5.75 Å². The summed E-state index contributed by atoms with van der Waals surface area (Å²) in [6.45, 7) is 8.91. The van der Waals surface area contributed by atoms with Crippen LogP contribution in [0.2, 0.25) is 0 Å². The summed E-state index contributed by atoms with van der Waals surface area (Å²) < 4.78 is 2.32. The molecule has 2 bridgehead atoms. The summed E-state index contributed by atoms with van der Waals surface area (Å²) in [5.74, 6) is 3.86. The van der Waals surface area contributed by atoms with Crippen molar-refractivity contribution in [2.75, 3.05) is 5.75 Å². The Kier molecular flexibility index (Phi) is 6.80. The molecule has 2 aromatic rings. The summed E-state index contributed by atoms with van der Waals surface area (Å²) in [7, 11) is 0. The molecule has 1 aromatic heterocycles. The van der Waals surface area contributed by atoms with E-state index >= 15 is 0 Å². The Morgan fingerprint density at radius 2 is 1.82 bits per heavy atom. The first-order chi connectivity index (χ1) is 16.3. The molecule has 184 valence electrons. The summed E-state index contributed by atoms with van der Waals surface area (Å²) in [6, 6.07) is 9.46. The largest absolute Gasteiger partial charge is 0.353 e. The predicted octanol–water partition coefficient (Wildman–Crippen LogP) is 6.39. The van der Waals surface area contributed by atoms with E-state index < -0.39 is 0 Å². The maximum Gasteiger partial charge on any atom is 0.230 e. The van der Waals surface area contributed by atoms with Crippen molar-refractivity contribution in [1.29, 1.82) is 0 Å². The predicted molar refractivity (Wildman–Crippen MR) is 139 cm³/mol. The second-order valence-electron chi connectivity index (χ2n) is 11.9. The smallest absolute Gasteiger partial charge is 0.230 e. The highest BCUT2D eigenvalue weighted by Gasteiger charge is 2.42. The van der Waals surface area contributed by atoms with Gasteiger partial charge in [-0.25, -0.2) is 0 Å². The molecule has 4 atom stereocenters. The van der Waals surface area contributed by atoms with Crippen molar-refractivity contribution in [3.63, 3.8) is 0 Å². The SMILES string of the molecule is C[C@@H](NC(=O)CSc1nnc(-c2ccc(C(C)(C)C)cc2)n1C1CCCC1)[C@@H]1C[C@H]2CC[C@H]1C2. The molecule has 0 spiro atoms. The lowest BCUT2D eigenvalue weighted by molar-refractivity contribution is -0.119. The van der Waals surface area contributed by atoms with Gasteiger partial charge in [0.2, 0.25) is 5.91 Å². The van der Waals surface area contributed by atoms with E-state index in [4.69, 9.17) is 0 Å². The molecule has 1 aromatic carbocycles. The van der Waals surface area contributed by atoms with Gasteiger partial charge in [-0.05, 0) is 67.8 Å². The first-order valence-corrected chi connectivity index (χ1v) is 14.3. The van der Waals surface area contributed by atoms with Crippen molar-refractivity contribution in [2.45, 2.75) is 102 Å². The van der Waals surface area contributed by atoms with E-state index in [9.17, 15) is 4.79 Å². The van der Waals surface area contributed by atoms with Crippen LogP contribution < -0.4 is 5.32 Å². The van der Waals surface area contributed by atoms with E-state index in [0.717, 1.165) is 41.2 Å². The van der Waals surface area contributed by atoms with Crippen molar-refractivity contribution in [2.24, 2.45) is 17.8 Å². The van der Waals surface area contributed by atoms with Crippen molar-refractivity contribution >= 4 is 17.7 Å². The Bertz CT molecular complexity index is 1000. The van der Waals surface area contributed by atoms with Gasteiger partial charge in [-0.15, -0.1) is 10.2 Å². The topological polar surface area (TPSA) is 59.8 Å². The Hall–Kier alpha value is -1.82. The van der Waals surface area contributed by atoms with Crippen LogP contribution in [0.25, 0.3) is 11.4 Å². The second kappa shape index (κ2) is 9.67. The van der Waals surface area contributed by atoms with Gasteiger partial charge in [0.15, 0.2) is 11.0 Å². The van der Waals surface area contributed by atoms with E-state index in [1.165, 1.54) is 44.1 Å². The minimum atomic E-state index is 0.123. The summed E-state index contributed by atoms with van der Waals surface area (Å²) in [6.07, 6.45) is 10.2. The molecule has 34 heavy (non-hydrogen) atoms. The van der Waals surface area contributed by atoms with Gasteiger partial charge in [-0.3, -0.25) is 9.36 Å². The zero-order chi connectivity index (χ0) is 23.9. The molecule has 3 aliphatic carbocycles. The van der Waals surface area contributed by atoms with Crippen LogP contribution in [0.4, 0.5) is 0 Å². The lowest BCUT2D eigenvalue weighted by atomic mass is 9.84. The third kappa shape index (κ3) is 4.93. The lowest BCUT2D eigenvalue weighted by Gasteiger charge is -2.28. The highest BCUT2D eigenvalue weighted by molar-refractivity contribution is 7.99. The molecule has 3 saturated carbocycles. The molecule has 6 heteroatoms. The Morgan fingerprint density at radius 1 is 1.09 bits per heavy atom. The third-order valence-electron chi connectivity index (χ3n) is 8.52. The maximum atomic E-state index is 12.8. The monoisotopic (exact) mass is 480 g/mol. The summed E-state index contributed by atoms with van der Waals surface area (Å²) in [5, 5.41) is 13.4. The summed E-state index contributed by atoms with van der Waals surface area (Å²) >= 11 is 1.54. The molecular formula is C28H40N4OS. The van der Waals surface area contributed by atoms with Crippen LogP contribution >= 0.6 is 11.8 Å². The van der Waals surface area contributed by atoms with Gasteiger partial charge >= 0.3 is 0 Å². The molecule has 3 fully saturated rings. The van der Waals surface area contributed by atoms with Crippen LogP contribution in [-0.4, -0.2) is 32.5 Å². The number of thioether (sulfide) groups is 1. The normalized spacial score (nSPS) is 25.7. The van der Waals surface area contributed by atoms with Gasteiger partial charge in [-0.2, -0.15) is 0 Å². The van der Waals surface area contributed by atoms with Gasteiger partial charge in [0, 0.05) is 17.6 Å². The van der Waals surface area contributed by atoms with Gasteiger partial charge in [0.25, 0.3) is 0 Å². The number of nitrogens with zero attached hydrogens (tertiary/aromatic N) is 3. The number of carbonyl (C=O) groups excluding carboxylic acids is 1. The van der Waals surface area contributed by atoms with Crippen LogP contribution in [0.3, 0.4) is 0 Å². The van der Waals surface area contributed by atoms with E-state index in [2.05, 4.69) is 72.0 Å².